The number of fused-ring (bicyclic) bond motifs is 1. The number of hydrogen-bond acceptors (Lipinski definition) is 5. The SMILES string of the molecule is COc1ccc2c(c1)nnn2-c1cccc(CNS(=O)[O-])c1. The van der Waals surface area contributed by atoms with E-state index < -0.39 is 11.3 Å². The van der Waals surface area contributed by atoms with Gasteiger partial charge in [-0.3, -0.25) is 4.21 Å². The van der Waals surface area contributed by atoms with Crippen molar-refractivity contribution in [3.8, 4) is 11.4 Å². The van der Waals surface area contributed by atoms with Gasteiger partial charge in [0.15, 0.2) is 0 Å². The summed E-state index contributed by atoms with van der Waals surface area (Å²) in [5.74, 6) is 0.718. The molecule has 2 aromatic carbocycles. The van der Waals surface area contributed by atoms with E-state index in [1.54, 1.807) is 11.8 Å². The number of benzene rings is 2. The quantitative estimate of drug-likeness (QED) is 0.716. The molecule has 0 saturated heterocycles. The lowest BCUT2D eigenvalue weighted by molar-refractivity contribution is 0.415. The van der Waals surface area contributed by atoms with Crippen LogP contribution < -0.4 is 9.46 Å². The molecular weight excluding hydrogens is 304 g/mol. The Morgan fingerprint density at radius 3 is 2.95 bits per heavy atom. The van der Waals surface area contributed by atoms with Gasteiger partial charge in [0.25, 0.3) is 0 Å². The minimum atomic E-state index is -2.28. The van der Waals surface area contributed by atoms with Crippen molar-refractivity contribution in [3.05, 3.63) is 48.0 Å². The molecular formula is C14H13N4O3S-. The van der Waals surface area contributed by atoms with E-state index in [-0.39, 0.29) is 6.54 Å². The molecule has 0 radical (unpaired) electrons. The molecule has 114 valence electrons. The maximum absolute atomic E-state index is 10.6. The van der Waals surface area contributed by atoms with Gasteiger partial charge in [-0.15, -0.1) is 5.10 Å². The lowest BCUT2D eigenvalue weighted by Crippen LogP contribution is -2.15. The van der Waals surface area contributed by atoms with Crippen molar-refractivity contribution in [1.29, 1.82) is 0 Å². The minimum absolute atomic E-state index is 0.227. The summed E-state index contributed by atoms with van der Waals surface area (Å²) in [6, 6.07) is 13.0. The third-order valence-corrected chi connectivity index (χ3v) is 3.58. The number of aromatic nitrogens is 3. The Labute approximate surface area is 129 Å². The Kier molecular flexibility index (Phi) is 4.14. The van der Waals surface area contributed by atoms with Crippen molar-refractivity contribution in [1.82, 2.24) is 19.7 Å². The van der Waals surface area contributed by atoms with Gasteiger partial charge in [0.1, 0.15) is 11.3 Å². The number of rotatable bonds is 5. The molecule has 1 aromatic heterocycles. The van der Waals surface area contributed by atoms with Crippen molar-refractivity contribution in [2.75, 3.05) is 7.11 Å². The molecule has 1 heterocycles. The van der Waals surface area contributed by atoms with E-state index in [9.17, 15) is 8.76 Å². The number of hydrogen-bond donors (Lipinski definition) is 1. The number of ether oxygens (including phenoxy) is 1. The Bertz CT molecular complexity index is 834. The van der Waals surface area contributed by atoms with Gasteiger partial charge in [-0.1, -0.05) is 17.3 Å². The van der Waals surface area contributed by atoms with Crippen LogP contribution in [0.2, 0.25) is 0 Å². The summed E-state index contributed by atoms with van der Waals surface area (Å²) in [6.07, 6.45) is 0. The zero-order chi connectivity index (χ0) is 15.5. The fraction of sp³-hybridized carbons (Fsp3) is 0.143. The molecule has 0 spiro atoms. The molecule has 0 aliphatic heterocycles. The van der Waals surface area contributed by atoms with Crippen LogP contribution in [0.15, 0.2) is 42.5 Å². The molecule has 0 bridgehead atoms. The molecule has 0 amide bonds. The predicted octanol–water partition coefficient (Wildman–Crippen LogP) is 1.31. The topological polar surface area (TPSA) is 92.1 Å². The molecule has 3 rings (SSSR count). The van der Waals surface area contributed by atoms with Gasteiger partial charge in [0.05, 0.1) is 18.3 Å². The Morgan fingerprint density at radius 2 is 2.18 bits per heavy atom. The summed E-state index contributed by atoms with van der Waals surface area (Å²) in [5.41, 5.74) is 3.21. The van der Waals surface area contributed by atoms with Crippen LogP contribution in [0.3, 0.4) is 0 Å². The molecule has 0 fully saturated rings. The van der Waals surface area contributed by atoms with Gasteiger partial charge in [0.2, 0.25) is 0 Å². The highest BCUT2D eigenvalue weighted by atomic mass is 32.2. The first kappa shape index (κ1) is 14.6. The maximum atomic E-state index is 10.6. The first-order chi connectivity index (χ1) is 10.7. The van der Waals surface area contributed by atoms with Crippen molar-refractivity contribution < 1.29 is 13.5 Å². The van der Waals surface area contributed by atoms with Gasteiger partial charge in [-0.05, 0) is 29.8 Å². The predicted molar refractivity (Wildman–Crippen MR) is 81.2 cm³/mol. The summed E-state index contributed by atoms with van der Waals surface area (Å²) >= 11 is -2.28. The normalized spacial score (nSPS) is 12.5. The molecule has 7 nitrogen and oxygen atoms in total. The Morgan fingerprint density at radius 1 is 1.32 bits per heavy atom. The van der Waals surface area contributed by atoms with E-state index in [2.05, 4.69) is 15.0 Å². The summed E-state index contributed by atoms with van der Waals surface area (Å²) in [4.78, 5) is 0. The number of nitrogens with zero attached hydrogens (tertiary/aromatic N) is 3. The van der Waals surface area contributed by atoms with Crippen LogP contribution in [0.4, 0.5) is 0 Å². The van der Waals surface area contributed by atoms with Gasteiger partial charge in [-0.25, -0.2) is 9.40 Å². The van der Waals surface area contributed by atoms with Crippen LogP contribution in [0.5, 0.6) is 5.75 Å². The zero-order valence-electron chi connectivity index (χ0n) is 11.7. The summed E-state index contributed by atoms with van der Waals surface area (Å²) < 4.78 is 30.4. The van der Waals surface area contributed by atoms with Crippen molar-refractivity contribution in [3.63, 3.8) is 0 Å². The van der Waals surface area contributed by atoms with Crippen molar-refractivity contribution in [2.24, 2.45) is 0 Å². The van der Waals surface area contributed by atoms with Crippen LogP contribution >= 0.6 is 0 Å². The van der Waals surface area contributed by atoms with Crippen LogP contribution in [0, 0.1) is 0 Å². The standard InChI is InChI=1S/C14H14N4O3S/c1-21-12-5-6-14-13(8-12)16-17-18(14)11-4-2-3-10(7-11)9-15-22(19)20/h2-8,15H,9H2,1H3,(H,19,20)/p-1. The van der Waals surface area contributed by atoms with Gasteiger partial charge >= 0.3 is 0 Å². The average molecular weight is 317 g/mol. The molecule has 22 heavy (non-hydrogen) atoms. The smallest absolute Gasteiger partial charge is 0.121 e. The molecule has 3 aromatic rings. The fourth-order valence-corrected chi connectivity index (χ4v) is 2.45. The molecule has 0 saturated carbocycles. The molecule has 8 heteroatoms. The Hall–Kier alpha value is -2.29. The highest BCUT2D eigenvalue weighted by Crippen LogP contribution is 2.21. The van der Waals surface area contributed by atoms with Gasteiger partial charge in [-0.2, -0.15) is 0 Å². The first-order valence-corrected chi connectivity index (χ1v) is 7.56. The molecule has 0 aliphatic carbocycles. The molecule has 1 atom stereocenters. The first-order valence-electron chi connectivity index (χ1n) is 6.49. The van der Waals surface area contributed by atoms with E-state index in [1.807, 2.05) is 42.5 Å². The van der Waals surface area contributed by atoms with E-state index in [4.69, 9.17) is 4.74 Å². The van der Waals surface area contributed by atoms with Crippen LogP contribution in [0.25, 0.3) is 16.7 Å². The fourth-order valence-electron chi connectivity index (χ4n) is 2.16. The lowest BCUT2D eigenvalue weighted by atomic mass is 10.2. The largest absolute Gasteiger partial charge is 0.760 e. The highest BCUT2D eigenvalue weighted by Gasteiger charge is 2.08. The zero-order valence-corrected chi connectivity index (χ0v) is 12.5. The average Bonchev–Trinajstić information content (AvgIpc) is 2.96. The summed E-state index contributed by atoms with van der Waals surface area (Å²) in [5, 5.41) is 8.27. The second-order valence-electron chi connectivity index (χ2n) is 4.58. The van der Waals surface area contributed by atoms with E-state index >= 15 is 0 Å². The third-order valence-electron chi connectivity index (χ3n) is 3.20. The van der Waals surface area contributed by atoms with E-state index in [0.29, 0.717) is 0 Å². The van der Waals surface area contributed by atoms with Crippen LogP contribution in [-0.2, 0) is 17.8 Å². The van der Waals surface area contributed by atoms with Crippen molar-refractivity contribution >= 4 is 22.3 Å². The summed E-state index contributed by atoms with van der Waals surface area (Å²) in [7, 11) is 1.60. The minimum Gasteiger partial charge on any atom is -0.760 e. The number of nitrogens with one attached hydrogen (secondary N) is 1. The van der Waals surface area contributed by atoms with E-state index in [0.717, 1.165) is 28.0 Å². The van der Waals surface area contributed by atoms with Gasteiger partial charge < -0.3 is 9.29 Å². The second kappa shape index (κ2) is 6.22. The highest BCUT2D eigenvalue weighted by molar-refractivity contribution is 7.77. The maximum Gasteiger partial charge on any atom is 0.121 e. The Balaban J connectivity index is 1.97. The van der Waals surface area contributed by atoms with Crippen LogP contribution in [-0.4, -0.2) is 30.9 Å². The molecule has 1 unspecified atom stereocenters. The monoisotopic (exact) mass is 317 g/mol. The molecule has 0 aliphatic rings. The lowest BCUT2D eigenvalue weighted by Gasteiger charge is -2.09. The molecule has 1 N–H and O–H groups in total. The van der Waals surface area contributed by atoms with Gasteiger partial charge in [0, 0.05) is 23.9 Å². The summed E-state index contributed by atoms with van der Waals surface area (Å²) in [6.45, 7) is 0.227. The van der Waals surface area contributed by atoms with Crippen molar-refractivity contribution in [2.45, 2.75) is 6.54 Å². The van der Waals surface area contributed by atoms with E-state index in [1.165, 1.54) is 0 Å². The second-order valence-corrected chi connectivity index (χ2v) is 5.34. The van der Waals surface area contributed by atoms with Crippen LogP contribution in [0.1, 0.15) is 5.56 Å². The third kappa shape index (κ3) is 2.98. The number of methoxy groups -OCH3 is 1.